The number of hydrogen-bond acceptors (Lipinski definition) is 1. The van der Waals surface area contributed by atoms with Gasteiger partial charge in [0.1, 0.15) is 18.2 Å². The van der Waals surface area contributed by atoms with Crippen LogP contribution in [0, 0.1) is 35.2 Å². The molecule has 0 bridgehead atoms. The molecule has 5 rings (SSSR count). The van der Waals surface area contributed by atoms with Crippen molar-refractivity contribution in [3.05, 3.63) is 89.2 Å². The van der Waals surface area contributed by atoms with Crippen LogP contribution in [-0.4, -0.2) is 0 Å². The number of ether oxygens (including phenoxy) is 1. The predicted molar refractivity (Wildman–Crippen MR) is 157 cm³/mol. The Hall–Kier alpha value is -2.75. The highest BCUT2D eigenvalue weighted by Crippen LogP contribution is 2.49. The molecule has 0 amide bonds. The van der Waals surface area contributed by atoms with Gasteiger partial charge in [0.2, 0.25) is 0 Å². The Morgan fingerprint density at radius 2 is 1.45 bits per heavy atom. The fourth-order valence-corrected chi connectivity index (χ4v) is 7.20. The highest BCUT2D eigenvalue weighted by Gasteiger charge is 2.36. The summed E-state index contributed by atoms with van der Waals surface area (Å²) in [4.78, 5) is 0. The first-order valence-corrected chi connectivity index (χ1v) is 15.5. The van der Waals surface area contributed by atoms with E-state index in [4.69, 9.17) is 4.74 Å². The Bertz CT molecular complexity index is 1220. The van der Waals surface area contributed by atoms with E-state index >= 15 is 8.78 Å². The number of unbranched alkanes of at least 4 members (excludes halogenated alkanes) is 4. The van der Waals surface area contributed by atoms with E-state index in [9.17, 15) is 4.39 Å². The van der Waals surface area contributed by atoms with Crippen LogP contribution in [0.5, 0.6) is 5.75 Å². The van der Waals surface area contributed by atoms with E-state index < -0.39 is 17.5 Å². The topological polar surface area (TPSA) is 9.23 Å². The molecular weight excluding hydrogens is 505 g/mol. The average molecular weight is 549 g/mol. The summed E-state index contributed by atoms with van der Waals surface area (Å²) in [6.07, 6.45) is 15.2. The van der Waals surface area contributed by atoms with Crippen molar-refractivity contribution in [1.29, 1.82) is 0 Å². The summed E-state index contributed by atoms with van der Waals surface area (Å²) in [5.74, 6) is 0.671. The predicted octanol–water partition coefficient (Wildman–Crippen LogP) is 11.0. The second-order valence-electron chi connectivity index (χ2n) is 12.2. The van der Waals surface area contributed by atoms with Crippen LogP contribution in [0.15, 0.2) is 60.7 Å². The normalized spacial score (nSPS) is 22.6. The maximum Gasteiger partial charge on any atom is 0.165 e. The van der Waals surface area contributed by atoms with Crippen LogP contribution in [-0.2, 0) is 6.61 Å². The van der Waals surface area contributed by atoms with Gasteiger partial charge in [-0.25, -0.2) is 13.2 Å². The summed E-state index contributed by atoms with van der Waals surface area (Å²) < 4.78 is 51.1. The Morgan fingerprint density at radius 1 is 0.725 bits per heavy atom. The first kappa shape index (κ1) is 28.8. The molecule has 2 fully saturated rings. The fourth-order valence-electron chi connectivity index (χ4n) is 7.20. The SMILES string of the molecule is CCCCCCCC1CCC2CC(c3cc(F)c(-c4ccc(OCc5ccccc5)c(F)c4)c(F)c3)CCC2C1. The Kier molecular flexibility index (Phi) is 9.88. The minimum absolute atomic E-state index is 0.0630. The van der Waals surface area contributed by atoms with Crippen molar-refractivity contribution in [1.82, 2.24) is 0 Å². The van der Waals surface area contributed by atoms with Gasteiger partial charge in [0.25, 0.3) is 0 Å². The van der Waals surface area contributed by atoms with Crippen molar-refractivity contribution in [2.75, 3.05) is 0 Å². The molecule has 0 saturated heterocycles. The molecule has 0 aliphatic heterocycles. The highest BCUT2D eigenvalue weighted by molar-refractivity contribution is 5.66. The lowest BCUT2D eigenvalue weighted by atomic mass is 9.63. The molecule has 0 radical (unpaired) electrons. The molecule has 2 aliphatic carbocycles. The molecule has 0 N–H and O–H groups in total. The summed E-state index contributed by atoms with van der Waals surface area (Å²) in [5, 5.41) is 0. The van der Waals surface area contributed by atoms with Gasteiger partial charge in [-0.1, -0.05) is 88.3 Å². The van der Waals surface area contributed by atoms with E-state index in [-0.39, 0.29) is 29.4 Å². The minimum atomic E-state index is -0.633. The first-order valence-electron chi connectivity index (χ1n) is 15.5. The average Bonchev–Trinajstić information content (AvgIpc) is 2.96. The molecule has 4 atom stereocenters. The number of rotatable bonds is 11. The summed E-state index contributed by atoms with van der Waals surface area (Å²) in [7, 11) is 0. The van der Waals surface area contributed by atoms with Gasteiger partial charge < -0.3 is 4.74 Å². The number of fused-ring (bicyclic) bond motifs is 1. The lowest BCUT2D eigenvalue weighted by molar-refractivity contribution is 0.113. The van der Waals surface area contributed by atoms with Crippen LogP contribution in [0.25, 0.3) is 11.1 Å². The summed E-state index contributed by atoms with van der Waals surface area (Å²) >= 11 is 0. The standard InChI is InChI=1S/C36H43F3O/c1-2-3-4-5-7-10-25-13-14-28-20-29(16-15-27(28)19-25)31-22-33(38)36(34(39)23-31)30-17-18-35(32(37)21-30)40-24-26-11-8-6-9-12-26/h6,8-9,11-12,17-18,21-23,25,27-29H,2-5,7,10,13-16,19-20,24H2,1H3. The first-order chi connectivity index (χ1) is 19.5. The molecule has 214 valence electrons. The maximum atomic E-state index is 15.3. The Labute approximate surface area is 238 Å². The lowest BCUT2D eigenvalue weighted by Gasteiger charge is -2.42. The summed E-state index contributed by atoms with van der Waals surface area (Å²) in [6.45, 7) is 2.48. The second kappa shape index (κ2) is 13.7. The molecule has 1 nitrogen and oxygen atoms in total. The molecule has 0 spiro atoms. The van der Waals surface area contributed by atoms with Crippen molar-refractivity contribution >= 4 is 0 Å². The van der Waals surface area contributed by atoms with E-state index in [0.717, 1.165) is 48.3 Å². The molecule has 3 aromatic rings. The minimum Gasteiger partial charge on any atom is -0.486 e. The van der Waals surface area contributed by atoms with Crippen LogP contribution in [0.2, 0.25) is 0 Å². The summed E-state index contributed by atoms with van der Waals surface area (Å²) in [5.41, 5.74) is 1.67. The summed E-state index contributed by atoms with van der Waals surface area (Å²) in [6, 6.07) is 16.6. The number of halogens is 3. The molecule has 2 saturated carbocycles. The fraction of sp³-hybridized carbons (Fsp3) is 0.500. The molecule has 4 unspecified atom stereocenters. The molecule has 0 aromatic heterocycles. The number of benzene rings is 3. The van der Waals surface area contributed by atoms with Crippen LogP contribution in [0.4, 0.5) is 13.2 Å². The zero-order chi connectivity index (χ0) is 27.9. The van der Waals surface area contributed by atoms with Gasteiger partial charge >= 0.3 is 0 Å². The van der Waals surface area contributed by atoms with Gasteiger partial charge in [-0.15, -0.1) is 0 Å². The quantitative estimate of drug-likeness (QED) is 0.217. The van der Waals surface area contributed by atoms with Gasteiger partial charge in [0, 0.05) is 0 Å². The van der Waals surface area contributed by atoms with E-state index in [1.54, 1.807) is 0 Å². The van der Waals surface area contributed by atoms with Crippen LogP contribution in [0.3, 0.4) is 0 Å². The molecule has 0 heterocycles. The molecule has 3 aromatic carbocycles. The van der Waals surface area contributed by atoms with Crippen molar-refractivity contribution in [3.63, 3.8) is 0 Å². The Morgan fingerprint density at radius 3 is 2.20 bits per heavy atom. The van der Waals surface area contributed by atoms with Crippen molar-refractivity contribution in [2.24, 2.45) is 17.8 Å². The van der Waals surface area contributed by atoms with Crippen LogP contribution >= 0.6 is 0 Å². The lowest BCUT2D eigenvalue weighted by Crippen LogP contribution is -2.30. The molecule has 40 heavy (non-hydrogen) atoms. The van der Waals surface area contributed by atoms with Gasteiger partial charge in [-0.2, -0.15) is 0 Å². The zero-order valence-electron chi connectivity index (χ0n) is 23.8. The Balaban J connectivity index is 1.19. The van der Waals surface area contributed by atoms with Crippen molar-refractivity contribution in [2.45, 2.75) is 96.5 Å². The number of hydrogen-bond donors (Lipinski definition) is 0. The monoisotopic (exact) mass is 548 g/mol. The van der Waals surface area contributed by atoms with E-state index in [0.29, 0.717) is 5.92 Å². The second-order valence-corrected chi connectivity index (χ2v) is 12.2. The third kappa shape index (κ3) is 7.11. The molecular formula is C36H43F3O. The van der Waals surface area contributed by atoms with Gasteiger partial charge in [0.15, 0.2) is 11.6 Å². The smallest absolute Gasteiger partial charge is 0.165 e. The van der Waals surface area contributed by atoms with E-state index in [1.165, 1.54) is 82.1 Å². The van der Waals surface area contributed by atoms with E-state index in [1.807, 2.05) is 30.3 Å². The third-order valence-corrected chi connectivity index (χ3v) is 9.43. The van der Waals surface area contributed by atoms with Crippen LogP contribution in [0.1, 0.15) is 101 Å². The third-order valence-electron chi connectivity index (χ3n) is 9.43. The van der Waals surface area contributed by atoms with Gasteiger partial charge in [-0.05, 0) is 96.7 Å². The zero-order valence-corrected chi connectivity index (χ0v) is 23.8. The largest absolute Gasteiger partial charge is 0.486 e. The van der Waals surface area contributed by atoms with E-state index in [2.05, 4.69) is 6.92 Å². The van der Waals surface area contributed by atoms with Gasteiger partial charge in [-0.3, -0.25) is 0 Å². The molecule has 4 heteroatoms. The molecule has 2 aliphatic rings. The highest BCUT2D eigenvalue weighted by atomic mass is 19.1. The van der Waals surface area contributed by atoms with Crippen molar-refractivity contribution < 1.29 is 17.9 Å². The van der Waals surface area contributed by atoms with Gasteiger partial charge in [0.05, 0.1) is 5.56 Å². The van der Waals surface area contributed by atoms with Crippen LogP contribution < -0.4 is 4.74 Å². The maximum absolute atomic E-state index is 15.3. The van der Waals surface area contributed by atoms with Crippen molar-refractivity contribution in [3.8, 4) is 16.9 Å².